The molecule has 1 aromatic rings. The van der Waals surface area contributed by atoms with E-state index < -0.39 is 0 Å². The maximum Gasteiger partial charge on any atom is 0.0738 e. The molecule has 0 N–H and O–H groups in total. The normalized spacial score (nSPS) is 24.4. The Morgan fingerprint density at radius 2 is 2.08 bits per heavy atom. The molecule has 0 bridgehead atoms. The van der Waals surface area contributed by atoms with Gasteiger partial charge < -0.3 is 9.75 Å². The van der Waals surface area contributed by atoms with E-state index in [1.54, 1.807) is 0 Å². The van der Waals surface area contributed by atoms with Crippen LogP contribution in [0.2, 0.25) is 0 Å². The largest absolute Gasteiger partial charge is 0.375 e. The second-order valence-electron chi connectivity index (χ2n) is 3.16. The van der Waals surface area contributed by atoms with E-state index in [4.69, 9.17) is 4.74 Å². The highest BCUT2D eigenvalue weighted by atomic mass is 16.5. The lowest BCUT2D eigenvalue weighted by Gasteiger charge is -2.33. The third-order valence-electron chi connectivity index (χ3n) is 2.13. The van der Waals surface area contributed by atoms with Crippen molar-refractivity contribution in [1.82, 2.24) is 4.68 Å². The van der Waals surface area contributed by atoms with Gasteiger partial charge in [0.05, 0.1) is 25.8 Å². The maximum absolute atomic E-state index is 5.45. The van der Waals surface area contributed by atoms with Gasteiger partial charge in [0.1, 0.15) is 0 Å². The van der Waals surface area contributed by atoms with Gasteiger partial charge in [-0.15, -0.1) is 0 Å². The molecule has 12 heavy (non-hydrogen) atoms. The molecule has 0 saturated carbocycles. The van der Waals surface area contributed by atoms with Gasteiger partial charge in [-0.05, 0) is 19.1 Å². The van der Waals surface area contributed by atoms with E-state index in [0.717, 1.165) is 19.7 Å². The smallest absolute Gasteiger partial charge is 0.0738 e. The lowest BCUT2D eigenvalue weighted by atomic mass is 10.3. The average Bonchev–Trinajstić information content (AvgIpc) is 2.56. The molecule has 0 aromatic carbocycles. The zero-order valence-electron chi connectivity index (χ0n) is 7.31. The van der Waals surface area contributed by atoms with Gasteiger partial charge in [-0.25, -0.2) is 0 Å². The molecule has 0 unspecified atom stereocenters. The molecular formula is C9H14N2O. The van der Waals surface area contributed by atoms with Crippen molar-refractivity contribution in [3.05, 3.63) is 24.5 Å². The van der Waals surface area contributed by atoms with Crippen LogP contribution in [0.3, 0.4) is 0 Å². The minimum absolute atomic E-state index is 0.348. The Morgan fingerprint density at radius 1 is 1.33 bits per heavy atom. The summed E-state index contributed by atoms with van der Waals surface area (Å²) in [6, 6.07) is 4.08. The summed E-state index contributed by atoms with van der Waals surface area (Å²) in [7, 11) is 0. The van der Waals surface area contributed by atoms with Gasteiger partial charge in [-0.1, -0.05) is 0 Å². The molecule has 1 atom stereocenters. The van der Waals surface area contributed by atoms with E-state index in [9.17, 15) is 0 Å². The predicted octanol–water partition coefficient (Wildman–Crippen LogP) is 0.845. The number of rotatable bonds is 1. The Kier molecular flexibility index (Phi) is 2.04. The number of hydrogen-bond donors (Lipinski definition) is 0. The van der Waals surface area contributed by atoms with Crippen molar-refractivity contribution in [3.63, 3.8) is 0 Å². The van der Waals surface area contributed by atoms with Crippen molar-refractivity contribution in [2.24, 2.45) is 0 Å². The number of nitrogens with zero attached hydrogens (tertiary/aromatic N) is 2. The molecule has 0 spiro atoms. The molecule has 1 fully saturated rings. The highest BCUT2D eigenvalue weighted by molar-refractivity contribution is 4.99. The van der Waals surface area contributed by atoms with Gasteiger partial charge >= 0.3 is 0 Å². The van der Waals surface area contributed by atoms with Gasteiger partial charge in [-0.3, -0.25) is 4.68 Å². The van der Waals surface area contributed by atoms with Crippen molar-refractivity contribution in [1.29, 1.82) is 0 Å². The Hall–Kier alpha value is -0.960. The molecular weight excluding hydrogens is 152 g/mol. The minimum atomic E-state index is 0.348. The monoisotopic (exact) mass is 166 g/mol. The third-order valence-corrected chi connectivity index (χ3v) is 2.13. The maximum atomic E-state index is 5.45. The predicted molar refractivity (Wildman–Crippen MR) is 47.8 cm³/mol. The molecule has 66 valence electrons. The van der Waals surface area contributed by atoms with Crippen LogP contribution in [-0.4, -0.2) is 30.5 Å². The number of hydrogen-bond acceptors (Lipinski definition) is 2. The molecule has 3 heteroatoms. The van der Waals surface area contributed by atoms with E-state index in [-0.39, 0.29) is 0 Å². The molecule has 0 aliphatic carbocycles. The second kappa shape index (κ2) is 3.19. The van der Waals surface area contributed by atoms with Crippen LogP contribution in [0, 0.1) is 0 Å². The van der Waals surface area contributed by atoms with E-state index in [1.807, 2.05) is 12.1 Å². The highest BCUT2D eigenvalue weighted by Crippen LogP contribution is 2.03. The molecule has 0 amide bonds. The molecule has 1 aliphatic rings. The van der Waals surface area contributed by atoms with Gasteiger partial charge in [-0.2, -0.15) is 0 Å². The molecule has 1 aliphatic heterocycles. The van der Waals surface area contributed by atoms with Crippen LogP contribution >= 0.6 is 0 Å². The Labute approximate surface area is 72.5 Å². The third kappa shape index (κ3) is 1.46. The zero-order valence-corrected chi connectivity index (χ0v) is 7.31. The average molecular weight is 166 g/mol. The van der Waals surface area contributed by atoms with Gasteiger partial charge in [0.15, 0.2) is 0 Å². The van der Waals surface area contributed by atoms with Crippen LogP contribution in [0.1, 0.15) is 6.92 Å². The van der Waals surface area contributed by atoms with Crippen LogP contribution in [0.4, 0.5) is 0 Å². The number of aromatic nitrogens is 1. The van der Waals surface area contributed by atoms with E-state index in [1.165, 1.54) is 0 Å². The van der Waals surface area contributed by atoms with Crippen LogP contribution in [0.5, 0.6) is 0 Å². The molecule has 1 aromatic heterocycles. The summed E-state index contributed by atoms with van der Waals surface area (Å²) < 4.78 is 7.58. The van der Waals surface area contributed by atoms with E-state index >= 15 is 0 Å². The zero-order chi connectivity index (χ0) is 8.39. The summed E-state index contributed by atoms with van der Waals surface area (Å²) in [5.74, 6) is 0. The molecule has 3 nitrogen and oxygen atoms in total. The van der Waals surface area contributed by atoms with Crippen molar-refractivity contribution < 1.29 is 4.74 Å². The van der Waals surface area contributed by atoms with Crippen molar-refractivity contribution in [3.8, 4) is 0 Å². The summed E-state index contributed by atoms with van der Waals surface area (Å²) in [4.78, 5) is 0. The first-order chi connectivity index (χ1) is 5.86. The first-order valence-electron chi connectivity index (χ1n) is 4.36. The summed E-state index contributed by atoms with van der Waals surface area (Å²) >= 11 is 0. The SMILES string of the molecule is C[C@@H]1CN(n2cccc2)CCO1. The molecule has 2 heterocycles. The lowest BCUT2D eigenvalue weighted by molar-refractivity contribution is 0.0438. The van der Waals surface area contributed by atoms with Gasteiger partial charge in [0, 0.05) is 12.4 Å². The minimum Gasteiger partial charge on any atom is -0.375 e. The fraction of sp³-hybridized carbons (Fsp3) is 0.556. The summed E-state index contributed by atoms with van der Waals surface area (Å²) in [6.45, 7) is 4.91. The Balaban J connectivity index is 2.04. The quantitative estimate of drug-likeness (QED) is 0.615. The number of ether oxygens (including phenoxy) is 1. The fourth-order valence-electron chi connectivity index (χ4n) is 1.52. The van der Waals surface area contributed by atoms with Crippen molar-refractivity contribution in [2.45, 2.75) is 13.0 Å². The standard InChI is InChI=1S/C9H14N2O/c1-9-8-11(6-7-12-9)10-4-2-3-5-10/h2-5,9H,6-8H2,1H3/t9-/m1/s1. The number of morpholine rings is 1. The topological polar surface area (TPSA) is 17.4 Å². The van der Waals surface area contributed by atoms with Crippen LogP contribution in [0.15, 0.2) is 24.5 Å². The summed E-state index contributed by atoms with van der Waals surface area (Å²) in [6.07, 6.45) is 4.48. The first kappa shape index (κ1) is 7.68. The van der Waals surface area contributed by atoms with Gasteiger partial charge in [0.25, 0.3) is 0 Å². The van der Waals surface area contributed by atoms with Crippen LogP contribution < -0.4 is 5.01 Å². The highest BCUT2D eigenvalue weighted by Gasteiger charge is 2.15. The van der Waals surface area contributed by atoms with Crippen LogP contribution in [-0.2, 0) is 4.74 Å². The molecule has 0 radical (unpaired) electrons. The Bertz CT molecular complexity index is 233. The van der Waals surface area contributed by atoms with E-state index in [2.05, 4.69) is 29.0 Å². The second-order valence-corrected chi connectivity index (χ2v) is 3.16. The summed E-state index contributed by atoms with van der Waals surface area (Å²) in [5, 5.41) is 2.29. The Morgan fingerprint density at radius 3 is 2.75 bits per heavy atom. The van der Waals surface area contributed by atoms with Crippen molar-refractivity contribution in [2.75, 3.05) is 24.7 Å². The summed E-state index contributed by atoms with van der Waals surface area (Å²) in [5.41, 5.74) is 0. The fourth-order valence-corrected chi connectivity index (χ4v) is 1.52. The van der Waals surface area contributed by atoms with E-state index in [0.29, 0.717) is 6.10 Å². The molecule has 2 rings (SSSR count). The van der Waals surface area contributed by atoms with Gasteiger partial charge in [0.2, 0.25) is 0 Å². The molecule has 1 saturated heterocycles. The lowest BCUT2D eigenvalue weighted by Crippen LogP contribution is -2.46. The van der Waals surface area contributed by atoms with Crippen LogP contribution in [0.25, 0.3) is 0 Å². The first-order valence-corrected chi connectivity index (χ1v) is 4.36. The van der Waals surface area contributed by atoms with Crippen molar-refractivity contribution >= 4 is 0 Å².